The van der Waals surface area contributed by atoms with Gasteiger partial charge in [0.25, 0.3) is 0 Å². The minimum Gasteiger partial charge on any atom is -0.429 e. The third kappa shape index (κ3) is 1.98. The highest BCUT2D eigenvalue weighted by Gasteiger charge is 1.99. The number of rotatable bonds is 0. The zero-order chi connectivity index (χ0) is 9.10. The molecule has 0 saturated carbocycles. The molecular weight excluding hydrogens is 297 g/mol. The zero-order valence-corrected chi connectivity index (χ0v) is 9.43. The molecule has 0 amide bonds. The third-order valence-electron chi connectivity index (χ3n) is 1.51. The van der Waals surface area contributed by atoms with Crippen molar-refractivity contribution in [3.05, 3.63) is 30.2 Å². The van der Waals surface area contributed by atoms with Crippen molar-refractivity contribution in [3.8, 4) is 11.2 Å². The van der Waals surface area contributed by atoms with Crippen LogP contribution in [-0.2, 0) is 0 Å². The van der Waals surface area contributed by atoms with Crippen LogP contribution in [0.4, 0.5) is 0 Å². The molecule has 0 bridgehead atoms. The lowest BCUT2D eigenvalue weighted by atomic mass is 10.3. The molecule has 0 aliphatic rings. The molecule has 2 aromatic rings. The van der Waals surface area contributed by atoms with Gasteiger partial charge in [-0.3, -0.25) is 0 Å². The fourth-order valence-corrected chi connectivity index (χ4v) is 1.47. The molecule has 0 aromatic carbocycles. The van der Waals surface area contributed by atoms with Crippen molar-refractivity contribution in [1.82, 2.24) is 4.98 Å². The summed E-state index contributed by atoms with van der Waals surface area (Å²) in [5.74, 6) is 3.55. The Kier molecular flexibility index (Phi) is 2.76. The number of nitrogens with zero attached hydrogens (tertiary/aromatic N) is 1. The van der Waals surface area contributed by atoms with Gasteiger partial charge in [0.05, 0.1) is 0 Å². The van der Waals surface area contributed by atoms with Crippen molar-refractivity contribution in [2.75, 3.05) is 0 Å². The molecular formula is C9H4INOS. The fourth-order valence-electron chi connectivity index (χ4n) is 1.00. The lowest BCUT2D eigenvalue weighted by Gasteiger charge is -1.81. The van der Waals surface area contributed by atoms with Crippen molar-refractivity contribution in [2.24, 2.45) is 0 Å². The number of hydrogen-bond acceptors (Lipinski definition) is 3. The minimum absolute atomic E-state index is 0.644. The number of hydrogen-bond donors (Lipinski definition) is 0. The van der Waals surface area contributed by atoms with Gasteiger partial charge >= 0.3 is 0 Å². The smallest absolute Gasteiger partial charge is 0.227 e. The van der Waals surface area contributed by atoms with E-state index in [9.17, 15) is 0 Å². The van der Waals surface area contributed by atoms with Gasteiger partial charge < -0.3 is 4.42 Å². The maximum atomic E-state index is 5.37. The number of halogens is 1. The Labute approximate surface area is 91.7 Å². The predicted octanol–water partition coefficient (Wildman–Crippen LogP) is 3.22. The molecule has 4 heteroatoms. The van der Waals surface area contributed by atoms with Crippen molar-refractivity contribution in [3.63, 3.8) is 0 Å². The first-order valence-corrected chi connectivity index (χ1v) is 6.89. The predicted molar refractivity (Wildman–Crippen MR) is 62.5 cm³/mol. The lowest BCUT2D eigenvalue weighted by Crippen LogP contribution is -1.66. The highest BCUT2D eigenvalue weighted by Crippen LogP contribution is 2.16. The first kappa shape index (κ1) is 8.91. The van der Waals surface area contributed by atoms with E-state index in [1.807, 2.05) is 18.2 Å². The van der Waals surface area contributed by atoms with Gasteiger partial charge in [0.1, 0.15) is 0 Å². The van der Waals surface area contributed by atoms with Gasteiger partial charge in [0.2, 0.25) is 5.71 Å². The van der Waals surface area contributed by atoms with Crippen LogP contribution < -0.4 is 0 Å². The Morgan fingerprint density at radius 3 is 3.23 bits per heavy atom. The molecule has 0 radical (unpaired) electrons. The van der Waals surface area contributed by atoms with E-state index < -0.39 is 0 Å². The van der Waals surface area contributed by atoms with E-state index in [1.165, 1.54) is 8.93 Å². The number of aromatic nitrogens is 1. The quantitative estimate of drug-likeness (QED) is 0.552. The normalized spacial score (nSPS) is 9.62. The molecule has 2 nitrogen and oxygen atoms in total. The van der Waals surface area contributed by atoms with Crippen molar-refractivity contribution >= 4 is 41.2 Å². The van der Waals surface area contributed by atoms with E-state index in [4.69, 9.17) is 4.42 Å². The van der Waals surface area contributed by atoms with E-state index >= 15 is 0 Å². The topological polar surface area (TPSA) is 26.0 Å². The lowest BCUT2D eigenvalue weighted by molar-refractivity contribution is 0.589. The van der Waals surface area contributed by atoms with Gasteiger partial charge in [0, 0.05) is 38.9 Å². The van der Waals surface area contributed by atoms with Crippen LogP contribution in [0.3, 0.4) is 0 Å². The van der Waals surface area contributed by atoms with Crippen molar-refractivity contribution in [2.45, 2.75) is 0 Å². The number of pyridine rings is 1. The maximum absolute atomic E-state index is 5.37. The van der Waals surface area contributed by atoms with Gasteiger partial charge in [-0.1, -0.05) is 0 Å². The van der Waals surface area contributed by atoms with Crippen LogP contribution in [0.2, 0.25) is 0 Å². The summed E-state index contributed by atoms with van der Waals surface area (Å²) in [6.45, 7) is 0. The molecule has 2 rings (SSSR count). The van der Waals surface area contributed by atoms with Crippen LogP contribution in [0, 0.1) is 11.2 Å². The molecule has 0 aliphatic heterocycles. The molecule has 0 aliphatic carbocycles. The minimum atomic E-state index is 0.644. The summed E-state index contributed by atoms with van der Waals surface area (Å²) in [6.07, 6.45) is 1.70. The summed E-state index contributed by atoms with van der Waals surface area (Å²) >= 11 is 2.12. The summed E-state index contributed by atoms with van der Waals surface area (Å²) in [6, 6.07) is 5.72. The van der Waals surface area contributed by atoms with Gasteiger partial charge in [0.15, 0.2) is 5.76 Å². The zero-order valence-electron chi connectivity index (χ0n) is 6.45. The van der Waals surface area contributed by atoms with Crippen LogP contribution in [0.25, 0.3) is 11.1 Å². The monoisotopic (exact) mass is 301 g/mol. The maximum Gasteiger partial charge on any atom is 0.227 e. The van der Waals surface area contributed by atoms with Crippen molar-refractivity contribution in [1.29, 1.82) is 0 Å². The molecule has 13 heavy (non-hydrogen) atoms. The average Bonchev–Trinajstić information content (AvgIpc) is 2.57. The van der Waals surface area contributed by atoms with Gasteiger partial charge in [-0.05, 0) is 32.2 Å². The summed E-state index contributed by atoms with van der Waals surface area (Å²) < 4.78 is 5.37. The molecule has 0 saturated heterocycles. The summed E-state index contributed by atoms with van der Waals surface area (Å²) in [5.41, 5.74) is 0.644. The second-order valence-electron chi connectivity index (χ2n) is 2.31. The second kappa shape index (κ2) is 4.03. The van der Waals surface area contributed by atoms with E-state index in [0.717, 1.165) is 5.39 Å². The van der Waals surface area contributed by atoms with E-state index in [-0.39, 0.29) is 0 Å². The van der Waals surface area contributed by atoms with Gasteiger partial charge in [-0.15, -0.1) is 0 Å². The van der Waals surface area contributed by atoms with Crippen molar-refractivity contribution < 1.29 is 4.42 Å². The molecule has 2 aromatic heterocycles. The Balaban J connectivity index is 2.50. The summed E-state index contributed by atoms with van der Waals surface area (Å²) in [7, 11) is 1.43. The molecule has 0 spiro atoms. The second-order valence-corrected chi connectivity index (χ2v) is 3.99. The van der Waals surface area contributed by atoms with Crippen LogP contribution in [0.5, 0.6) is 0 Å². The molecule has 0 fully saturated rings. The van der Waals surface area contributed by atoms with Crippen LogP contribution >= 0.6 is 30.1 Å². The third-order valence-corrected chi connectivity index (χ3v) is 2.35. The van der Waals surface area contributed by atoms with E-state index in [0.29, 0.717) is 11.5 Å². The van der Waals surface area contributed by atoms with E-state index in [2.05, 4.69) is 37.4 Å². The average molecular weight is 301 g/mol. The Morgan fingerprint density at radius 2 is 2.46 bits per heavy atom. The van der Waals surface area contributed by atoms with Gasteiger partial charge in [-0.2, -0.15) is 0 Å². The molecule has 0 N–H and O–H groups in total. The molecule has 0 atom stereocenters. The first-order chi connectivity index (χ1) is 6.40. The highest BCUT2D eigenvalue weighted by molar-refractivity contribution is 14.2. The number of furan rings is 1. The SMILES string of the molecule is ISC#Cc1cc2cccnc2o1. The fraction of sp³-hybridized carbons (Fsp3) is 0. The van der Waals surface area contributed by atoms with E-state index in [1.54, 1.807) is 6.20 Å². The Bertz CT molecular complexity index is 450. The highest BCUT2D eigenvalue weighted by atomic mass is 127. The summed E-state index contributed by atoms with van der Waals surface area (Å²) in [5, 5.41) is 3.85. The Hall–Kier alpha value is -0.670. The van der Waals surface area contributed by atoms with Gasteiger partial charge in [-0.25, -0.2) is 4.98 Å². The number of fused-ring (bicyclic) bond motifs is 1. The van der Waals surface area contributed by atoms with Crippen LogP contribution in [0.15, 0.2) is 28.8 Å². The first-order valence-electron chi connectivity index (χ1n) is 3.53. The Morgan fingerprint density at radius 1 is 1.54 bits per heavy atom. The standard InChI is InChI=1S/C9H4INOS/c10-13-5-3-8-6-7-2-1-4-11-9(7)12-8/h1-2,4,6H. The largest absolute Gasteiger partial charge is 0.429 e. The molecule has 0 unspecified atom stereocenters. The van der Waals surface area contributed by atoms with Crippen LogP contribution in [-0.4, -0.2) is 4.98 Å². The molecule has 64 valence electrons. The summed E-state index contributed by atoms with van der Waals surface area (Å²) in [4.78, 5) is 4.07. The van der Waals surface area contributed by atoms with Crippen LogP contribution in [0.1, 0.15) is 5.76 Å². The molecule has 2 heterocycles.